The highest BCUT2D eigenvalue weighted by Gasteiger charge is 2.12. The number of oxazole rings is 1. The first kappa shape index (κ1) is 14.0. The number of carboxylic acid groups (broad SMARTS) is 1. The highest BCUT2D eigenvalue weighted by atomic mass is 16.4. The third kappa shape index (κ3) is 4.08. The van der Waals surface area contributed by atoms with Crippen LogP contribution in [-0.2, 0) is 11.3 Å². The van der Waals surface area contributed by atoms with E-state index in [9.17, 15) is 9.59 Å². The molecule has 0 aliphatic rings. The Bertz CT molecular complexity index is 422. The van der Waals surface area contributed by atoms with Gasteiger partial charge in [0.25, 0.3) is 0 Å². The lowest BCUT2D eigenvalue weighted by atomic mass is 10.2. The van der Waals surface area contributed by atoms with Gasteiger partial charge in [0.15, 0.2) is 0 Å². The summed E-state index contributed by atoms with van der Waals surface area (Å²) in [5, 5.41) is 13.6. The largest absolute Gasteiger partial charge is 0.481 e. The van der Waals surface area contributed by atoms with Gasteiger partial charge in [-0.25, -0.2) is 9.78 Å². The van der Waals surface area contributed by atoms with E-state index < -0.39 is 17.9 Å². The van der Waals surface area contributed by atoms with E-state index >= 15 is 0 Å². The van der Waals surface area contributed by atoms with Crippen LogP contribution >= 0.6 is 0 Å². The predicted molar refractivity (Wildman–Crippen MR) is 63.0 cm³/mol. The van der Waals surface area contributed by atoms with Crippen molar-refractivity contribution in [3.8, 4) is 0 Å². The molecule has 0 saturated heterocycles. The Balaban J connectivity index is 2.31. The molecule has 2 amide bonds. The van der Waals surface area contributed by atoms with Crippen molar-refractivity contribution < 1.29 is 19.1 Å². The fraction of sp³-hybridized carbons (Fsp3) is 0.545. The Morgan fingerprint density at radius 2 is 2.06 bits per heavy atom. The van der Waals surface area contributed by atoms with Crippen molar-refractivity contribution in [3.63, 3.8) is 0 Å². The van der Waals surface area contributed by atoms with E-state index in [1.807, 2.05) is 6.92 Å². The van der Waals surface area contributed by atoms with E-state index in [1.54, 1.807) is 6.92 Å². The number of aryl methyl sites for hydroxylation is 2. The number of urea groups is 1. The third-order valence-corrected chi connectivity index (χ3v) is 2.46. The van der Waals surface area contributed by atoms with Gasteiger partial charge in [-0.15, -0.1) is 0 Å². The summed E-state index contributed by atoms with van der Waals surface area (Å²) in [7, 11) is 0. The number of carbonyl (C=O) groups excluding carboxylic acids is 1. The van der Waals surface area contributed by atoms with Gasteiger partial charge in [0.2, 0.25) is 5.89 Å². The lowest BCUT2D eigenvalue weighted by Gasteiger charge is -2.08. The second kappa shape index (κ2) is 6.04. The van der Waals surface area contributed by atoms with Crippen LogP contribution in [0, 0.1) is 19.8 Å². The molecule has 0 saturated carbocycles. The summed E-state index contributed by atoms with van der Waals surface area (Å²) < 4.78 is 5.28. The van der Waals surface area contributed by atoms with Gasteiger partial charge in [-0.3, -0.25) is 4.79 Å². The first-order chi connectivity index (χ1) is 8.40. The number of carbonyl (C=O) groups is 2. The highest BCUT2D eigenvalue weighted by molar-refractivity contribution is 5.75. The van der Waals surface area contributed by atoms with Crippen LogP contribution < -0.4 is 10.6 Å². The summed E-state index contributed by atoms with van der Waals surface area (Å²) in [5.41, 5.74) is 0.784. The molecule has 0 aromatic carbocycles. The van der Waals surface area contributed by atoms with Crippen LogP contribution in [0.2, 0.25) is 0 Å². The number of carboxylic acids is 1. The van der Waals surface area contributed by atoms with Crippen LogP contribution in [0.4, 0.5) is 4.79 Å². The molecule has 18 heavy (non-hydrogen) atoms. The van der Waals surface area contributed by atoms with Crippen molar-refractivity contribution in [1.82, 2.24) is 15.6 Å². The molecular formula is C11H17N3O4. The summed E-state index contributed by atoms with van der Waals surface area (Å²) in [6, 6.07) is -0.448. The zero-order chi connectivity index (χ0) is 13.7. The molecule has 0 spiro atoms. The molecule has 1 heterocycles. The van der Waals surface area contributed by atoms with Crippen molar-refractivity contribution in [2.24, 2.45) is 5.92 Å². The minimum Gasteiger partial charge on any atom is -0.481 e. The third-order valence-electron chi connectivity index (χ3n) is 2.46. The average Bonchev–Trinajstić information content (AvgIpc) is 2.63. The zero-order valence-electron chi connectivity index (χ0n) is 10.6. The number of rotatable bonds is 5. The molecule has 1 atom stereocenters. The maximum atomic E-state index is 11.4. The van der Waals surface area contributed by atoms with Crippen molar-refractivity contribution in [3.05, 3.63) is 17.3 Å². The SMILES string of the molecule is Cc1nc(CNC(=O)NCC(C)C(=O)O)oc1C. The number of nitrogens with one attached hydrogen (secondary N) is 2. The first-order valence-corrected chi connectivity index (χ1v) is 5.57. The molecule has 3 N–H and O–H groups in total. The normalized spacial score (nSPS) is 11.9. The van der Waals surface area contributed by atoms with Gasteiger partial charge in [-0.2, -0.15) is 0 Å². The maximum Gasteiger partial charge on any atom is 0.315 e. The van der Waals surface area contributed by atoms with Crippen LogP contribution in [0.3, 0.4) is 0 Å². The number of nitrogens with zero attached hydrogens (tertiary/aromatic N) is 1. The van der Waals surface area contributed by atoms with Crippen LogP contribution in [0.15, 0.2) is 4.42 Å². The van der Waals surface area contributed by atoms with Crippen molar-refractivity contribution >= 4 is 12.0 Å². The molecule has 1 rings (SSSR count). The van der Waals surface area contributed by atoms with Crippen molar-refractivity contribution in [2.75, 3.05) is 6.54 Å². The van der Waals surface area contributed by atoms with Gasteiger partial charge in [-0.1, -0.05) is 6.92 Å². The molecule has 0 bridgehead atoms. The van der Waals surface area contributed by atoms with E-state index in [-0.39, 0.29) is 13.1 Å². The van der Waals surface area contributed by atoms with Crippen LogP contribution in [0.5, 0.6) is 0 Å². The first-order valence-electron chi connectivity index (χ1n) is 5.57. The summed E-state index contributed by atoms with van der Waals surface area (Å²) >= 11 is 0. The molecule has 1 unspecified atom stereocenters. The van der Waals surface area contributed by atoms with Gasteiger partial charge in [0.1, 0.15) is 5.76 Å². The van der Waals surface area contributed by atoms with Gasteiger partial charge in [-0.05, 0) is 13.8 Å². The summed E-state index contributed by atoms with van der Waals surface area (Å²) in [4.78, 5) is 26.0. The molecule has 0 radical (unpaired) electrons. The lowest BCUT2D eigenvalue weighted by Crippen LogP contribution is -2.38. The van der Waals surface area contributed by atoms with E-state index in [0.29, 0.717) is 11.7 Å². The van der Waals surface area contributed by atoms with E-state index in [1.165, 1.54) is 6.92 Å². The minimum atomic E-state index is -0.950. The average molecular weight is 255 g/mol. The van der Waals surface area contributed by atoms with Gasteiger partial charge in [0, 0.05) is 6.54 Å². The topological polar surface area (TPSA) is 104 Å². The smallest absolute Gasteiger partial charge is 0.315 e. The molecule has 100 valence electrons. The molecule has 0 aliphatic carbocycles. The van der Waals surface area contributed by atoms with E-state index in [4.69, 9.17) is 9.52 Å². The number of hydrogen-bond acceptors (Lipinski definition) is 4. The Morgan fingerprint density at radius 1 is 1.39 bits per heavy atom. The lowest BCUT2D eigenvalue weighted by molar-refractivity contribution is -0.140. The standard InChI is InChI=1S/C11H17N3O4/c1-6(10(15)16)4-12-11(17)13-5-9-14-7(2)8(3)18-9/h6H,4-5H2,1-3H3,(H,15,16)(H2,12,13,17). The molecule has 7 heteroatoms. The predicted octanol–water partition coefficient (Wildman–Crippen LogP) is 0.811. The fourth-order valence-electron chi connectivity index (χ4n) is 1.17. The van der Waals surface area contributed by atoms with E-state index in [0.717, 1.165) is 5.69 Å². The van der Waals surface area contributed by atoms with Gasteiger partial charge >= 0.3 is 12.0 Å². The zero-order valence-corrected chi connectivity index (χ0v) is 10.6. The van der Waals surface area contributed by atoms with E-state index in [2.05, 4.69) is 15.6 Å². The number of aliphatic carboxylic acids is 1. The fourth-order valence-corrected chi connectivity index (χ4v) is 1.17. The van der Waals surface area contributed by atoms with Crippen LogP contribution in [-0.4, -0.2) is 28.6 Å². The minimum absolute atomic E-state index is 0.0742. The van der Waals surface area contributed by atoms with Crippen LogP contribution in [0.1, 0.15) is 24.3 Å². The summed E-state index contributed by atoms with van der Waals surface area (Å²) in [6.07, 6.45) is 0. The number of aromatic nitrogens is 1. The molecule has 0 aliphatic heterocycles. The van der Waals surface area contributed by atoms with Gasteiger partial charge < -0.3 is 20.2 Å². The van der Waals surface area contributed by atoms with Crippen molar-refractivity contribution in [2.45, 2.75) is 27.3 Å². The molecule has 7 nitrogen and oxygen atoms in total. The Labute approximate surface area is 105 Å². The molecule has 1 aromatic rings. The Hall–Kier alpha value is -2.05. The number of amides is 2. The summed E-state index contributed by atoms with van der Waals surface area (Å²) in [5.74, 6) is -0.436. The second-order valence-corrected chi connectivity index (χ2v) is 4.05. The number of hydrogen-bond donors (Lipinski definition) is 3. The Morgan fingerprint density at radius 3 is 2.56 bits per heavy atom. The van der Waals surface area contributed by atoms with Crippen molar-refractivity contribution in [1.29, 1.82) is 0 Å². The summed E-state index contributed by atoms with van der Waals surface area (Å²) in [6.45, 7) is 5.37. The highest BCUT2D eigenvalue weighted by Crippen LogP contribution is 2.07. The molecular weight excluding hydrogens is 238 g/mol. The molecule has 1 aromatic heterocycles. The van der Waals surface area contributed by atoms with Crippen LogP contribution in [0.25, 0.3) is 0 Å². The maximum absolute atomic E-state index is 11.4. The molecule has 0 fully saturated rings. The Kier molecular flexibility index (Phi) is 4.70. The monoisotopic (exact) mass is 255 g/mol. The van der Waals surface area contributed by atoms with Gasteiger partial charge in [0.05, 0.1) is 18.2 Å². The second-order valence-electron chi connectivity index (χ2n) is 4.05. The quantitative estimate of drug-likeness (QED) is 0.722.